The van der Waals surface area contributed by atoms with Crippen molar-refractivity contribution in [2.24, 2.45) is 0 Å². The van der Waals surface area contributed by atoms with Gasteiger partial charge in [0.1, 0.15) is 11.6 Å². The molecule has 2 aromatic rings. The quantitative estimate of drug-likeness (QED) is 0.773. The van der Waals surface area contributed by atoms with Crippen LogP contribution in [-0.4, -0.2) is 5.78 Å². The topological polar surface area (TPSA) is 17.1 Å². The number of halogens is 4. The number of ketones is 1. The third-order valence-corrected chi connectivity index (χ3v) is 2.97. The molecule has 0 bridgehead atoms. The largest absolute Gasteiger partial charge is 0.416 e. The summed E-state index contributed by atoms with van der Waals surface area (Å²) in [5, 5.41) is 0. The molecule has 0 heterocycles. The minimum atomic E-state index is -4.38. The maximum atomic E-state index is 13.0. The molecule has 110 valence electrons. The first-order valence-electron chi connectivity index (χ1n) is 6.27. The molecule has 0 aliphatic rings. The highest BCUT2D eigenvalue weighted by atomic mass is 19.4. The van der Waals surface area contributed by atoms with Gasteiger partial charge in [-0.05, 0) is 35.4 Å². The smallest absolute Gasteiger partial charge is 0.299 e. The van der Waals surface area contributed by atoms with Crippen molar-refractivity contribution in [2.75, 3.05) is 0 Å². The Labute approximate surface area is 119 Å². The maximum Gasteiger partial charge on any atom is 0.416 e. The van der Waals surface area contributed by atoms with Crippen molar-refractivity contribution < 1.29 is 22.4 Å². The summed E-state index contributed by atoms with van der Waals surface area (Å²) in [4.78, 5) is 11.8. The van der Waals surface area contributed by atoms with E-state index in [-0.39, 0.29) is 18.6 Å². The average Bonchev–Trinajstić information content (AvgIpc) is 2.38. The van der Waals surface area contributed by atoms with Crippen molar-refractivity contribution in [3.8, 4) is 0 Å². The van der Waals surface area contributed by atoms with Gasteiger partial charge in [0, 0.05) is 12.8 Å². The van der Waals surface area contributed by atoms with Crippen molar-refractivity contribution in [3.63, 3.8) is 0 Å². The van der Waals surface area contributed by atoms with Crippen LogP contribution >= 0.6 is 0 Å². The van der Waals surface area contributed by atoms with Crippen LogP contribution < -0.4 is 0 Å². The van der Waals surface area contributed by atoms with Gasteiger partial charge in [0.25, 0.3) is 0 Å². The summed E-state index contributed by atoms with van der Waals surface area (Å²) in [6.45, 7) is 0. The highest BCUT2D eigenvalue weighted by Crippen LogP contribution is 2.29. The summed E-state index contributed by atoms with van der Waals surface area (Å²) in [6, 6.07) is 10.2. The number of carbonyl (C=O) groups excluding carboxylic acids is 1. The summed E-state index contributed by atoms with van der Waals surface area (Å²) in [6.07, 6.45) is -4.31. The van der Waals surface area contributed by atoms with Crippen molar-refractivity contribution in [3.05, 3.63) is 71.0 Å². The van der Waals surface area contributed by atoms with Gasteiger partial charge in [-0.1, -0.05) is 24.3 Å². The van der Waals surface area contributed by atoms with E-state index in [0.29, 0.717) is 11.1 Å². The molecule has 0 unspecified atom stereocenters. The zero-order chi connectivity index (χ0) is 15.5. The van der Waals surface area contributed by atoms with Crippen molar-refractivity contribution in [1.29, 1.82) is 0 Å². The highest BCUT2D eigenvalue weighted by molar-refractivity contribution is 5.83. The first kappa shape index (κ1) is 15.2. The second-order valence-electron chi connectivity index (χ2n) is 4.72. The molecule has 0 N–H and O–H groups in total. The van der Waals surface area contributed by atoms with E-state index in [4.69, 9.17) is 0 Å². The van der Waals surface area contributed by atoms with Crippen LogP contribution in [0, 0.1) is 5.82 Å². The number of alkyl halides is 3. The minimum absolute atomic E-state index is 0.0225. The lowest BCUT2D eigenvalue weighted by atomic mass is 10.0. The van der Waals surface area contributed by atoms with Crippen LogP contribution in [0.2, 0.25) is 0 Å². The van der Waals surface area contributed by atoms with Gasteiger partial charge in [-0.3, -0.25) is 4.79 Å². The van der Waals surface area contributed by atoms with E-state index in [1.807, 2.05) is 0 Å². The third kappa shape index (κ3) is 4.41. The molecule has 0 spiro atoms. The second kappa shape index (κ2) is 6.08. The Hall–Kier alpha value is -2.17. The van der Waals surface area contributed by atoms with Crippen LogP contribution in [0.4, 0.5) is 17.6 Å². The Balaban J connectivity index is 2.00. The monoisotopic (exact) mass is 296 g/mol. The summed E-state index contributed by atoms with van der Waals surface area (Å²) >= 11 is 0. The molecular formula is C16H12F4O. The fourth-order valence-electron chi connectivity index (χ4n) is 1.98. The Morgan fingerprint density at radius 1 is 0.905 bits per heavy atom. The molecule has 2 rings (SSSR count). The molecule has 0 atom stereocenters. The molecule has 0 radical (unpaired) electrons. The van der Waals surface area contributed by atoms with Crippen molar-refractivity contribution in [1.82, 2.24) is 0 Å². The Morgan fingerprint density at radius 3 is 2.10 bits per heavy atom. The molecule has 2 aromatic carbocycles. The molecule has 5 heteroatoms. The fourth-order valence-corrected chi connectivity index (χ4v) is 1.98. The number of carbonyl (C=O) groups is 1. The zero-order valence-corrected chi connectivity index (χ0v) is 11.0. The van der Waals surface area contributed by atoms with Crippen LogP contribution in [0.15, 0.2) is 48.5 Å². The number of rotatable bonds is 4. The molecule has 0 amide bonds. The Bertz CT molecular complexity index is 629. The highest BCUT2D eigenvalue weighted by Gasteiger charge is 2.29. The van der Waals surface area contributed by atoms with Gasteiger partial charge in [-0.25, -0.2) is 4.39 Å². The summed E-state index contributed by atoms with van der Waals surface area (Å²) in [5.41, 5.74) is 0.306. The van der Waals surface area contributed by atoms with E-state index >= 15 is 0 Å². The van der Waals surface area contributed by atoms with Gasteiger partial charge in [-0.2, -0.15) is 13.2 Å². The van der Waals surface area contributed by atoms with Gasteiger partial charge in [-0.15, -0.1) is 0 Å². The number of benzene rings is 2. The lowest BCUT2D eigenvalue weighted by Crippen LogP contribution is -2.08. The van der Waals surface area contributed by atoms with Crippen LogP contribution in [0.5, 0.6) is 0 Å². The van der Waals surface area contributed by atoms with E-state index in [1.54, 1.807) is 6.07 Å². The maximum absolute atomic E-state index is 13.0. The van der Waals surface area contributed by atoms with Crippen LogP contribution in [-0.2, 0) is 23.8 Å². The Kier molecular flexibility index (Phi) is 4.40. The number of hydrogen-bond donors (Lipinski definition) is 0. The molecular weight excluding hydrogens is 284 g/mol. The SMILES string of the molecule is O=C(Cc1ccc(C(F)(F)F)cc1)Cc1cccc(F)c1. The predicted molar refractivity (Wildman–Crippen MR) is 70.3 cm³/mol. The van der Waals surface area contributed by atoms with Crippen LogP contribution in [0.1, 0.15) is 16.7 Å². The Morgan fingerprint density at radius 2 is 1.52 bits per heavy atom. The lowest BCUT2D eigenvalue weighted by Gasteiger charge is -2.07. The molecule has 0 aliphatic heterocycles. The predicted octanol–water partition coefficient (Wildman–Crippen LogP) is 4.20. The van der Waals surface area contributed by atoms with E-state index in [1.165, 1.54) is 30.3 Å². The fraction of sp³-hybridized carbons (Fsp3) is 0.188. The molecule has 0 aliphatic carbocycles. The van der Waals surface area contributed by atoms with E-state index in [9.17, 15) is 22.4 Å². The standard InChI is InChI=1S/C16H12F4O/c17-14-3-1-2-12(8-14)10-15(21)9-11-4-6-13(7-5-11)16(18,19)20/h1-8H,9-10H2. The van der Waals surface area contributed by atoms with Gasteiger partial charge >= 0.3 is 6.18 Å². The molecule has 0 aromatic heterocycles. The van der Waals surface area contributed by atoms with Gasteiger partial charge in [0.05, 0.1) is 5.56 Å². The van der Waals surface area contributed by atoms with Gasteiger partial charge in [0.15, 0.2) is 0 Å². The van der Waals surface area contributed by atoms with E-state index < -0.39 is 17.6 Å². The minimum Gasteiger partial charge on any atom is -0.299 e. The van der Waals surface area contributed by atoms with Gasteiger partial charge in [0.2, 0.25) is 0 Å². The van der Waals surface area contributed by atoms with Crippen LogP contribution in [0.25, 0.3) is 0 Å². The van der Waals surface area contributed by atoms with Crippen molar-refractivity contribution in [2.45, 2.75) is 19.0 Å². The molecule has 1 nitrogen and oxygen atoms in total. The summed E-state index contributed by atoms with van der Waals surface area (Å²) in [5.74, 6) is -0.602. The third-order valence-electron chi connectivity index (χ3n) is 2.97. The number of hydrogen-bond acceptors (Lipinski definition) is 1. The van der Waals surface area contributed by atoms with E-state index in [0.717, 1.165) is 12.1 Å². The zero-order valence-electron chi connectivity index (χ0n) is 11.0. The summed E-state index contributed by atoms with van der Waals surface area (Å²) in [7, 11) is 0. The second-order valence-corrected chi connectivity index (χ2v) is 4.72. The molecule has 0 saturated carbocycles. The number of Topliss-reactive ketones (excluding diaryl/α,β-unsaturated/α-hetero) is 1. The van der Waals surface area contributed by atoms with E-state index in [2.05, 4.69) is 0 Å². The lowest BCUT2D eigenvalue weighted by molar-refractivity contribution is -0.137. The summed E-state index contributed by atoms with van der Waals surface area (Å²) < 4.78 is 50.2. The first-order valence-corrected chi connectivity index (χ1v) is 6.27. The van der Waals surface area contributed by atoms with Crippen LogP contribution in [0.3, 0.4) is 0 Å². The molecule has 0 saturated heterocycles. The molecule has 0 fully saturated rings. The van der Waals surface area contributed by atoms with Crippen molar-refractivity contribution >= 4 is 5.78 Å². The normalized spacial score (nSPS) is 11.4. The van der Waals surface area contributed by atoms with Gasteiger partial charge < -0.3 is 0 Å². The average molecular weight is 296 g/mol. The molecule has 21 heavy (non-hydrogen) atoms. The first-order chi connectivity index (χ1) is 9.84.